The quantitative estimate of drug-likeness (QED) is 0.696. The van der Waals surface area contributed by atoms with E-state index in [1.807, 2.05) is 18.2 Å². The summed E-state index contributed by atoms with van der Waals surface area (Å²) in [4.78, 5) is 4.02. The topological polar surface area (TPSA) is 24.9 Å². The van der Waals surface area contributed by atoms with Crippen LogP contribution in [0.25, 0.3) is 0 Å². The van der Waals surface area contributed by atoms with E-state index in [0.29, 0.717) is 5.02 Å². The van der Waals surface area contributed by atoms with Crippen molar-refractivity contribution < 1.29 is 0 Å². The fourth-order valence-corrected chi connectivity index (χ4v) is 2.79. The second kappa shape index (κ2) is 7.59. The second-order valence-corrected chi connectivity index (χ2v) is 6.43. The zero-order valence-corrected chi connectivity index (χ0v) is 14.7. The highest BCUT2D eigenvalue weighted by atomic mass is 127. The van der Waals surface area contributed by atoms with Gasteiger partial charge < -0.3 is 5.32 Å². The van der Waals surface area contributed by atoms with E-state index in [1.54, 1.807) is 12.4 Å². The molecule has 1 aromatic carbocycles. The van der Waals surface area contributed by atoms with E-state index in [1.165, 1.54) is 5.56 Å². The average Bonchev–Trinajstić information content (AvgIpc) is 2.44. The van der Waals surface area contributed by atoms with Crippen molar-refractivity contribution >= 4 is 45.8 Å². The third-order valence-electron chi connectivity index (χ3n) is 3.08. The van der Waals surface area contributed by atoms with Crippen LogP contribution in [0.2, 0.25) is 10.0 Å². The van der Waals surface area contributed by atoms with Crippen LogP contribution in [-0.2, 0) is 6.42 Å². The van der Waals surface area contributed by atoms with Crippen LogP contribution in [0, 0.1) is 3.57 Å². The Balaban J connectivity index is 2.27. The van der Waals surface area contributed by atoms with Gasteiger partial charge in [0.2, 0.25) is 0 Å². The molecular weight excluding hydrogens is 406 g/mol. The van der Waals surface area contributed by atoms with E-state index in [4.69, 9.17) is 23.2 Å². The molecule has 0 bridgehead atoms. The summed E-state index contributed by atoms with van der Waals surface area (Å²) in [5.41, 5.74) is 2.26. The first kappa shape index (κ1) is 16.0. The molecule has 2 rings (SSSR count). The fraction of sp³-hybridized carbons (Fsp3) is 0.267. The molecule has 0 aliphatic heterocycles. The number of pyridine rings is 1. The second-order valence-electron chi connectivity index (χ2n) is 4.46. The summed E-state index contributed by atoms with van der Waals surface area (Å²) in [5, 5.41) is 4.97. The van der Waals surface area contributed by atoms with Crippen LogP contribution in [0.1, 0.15) is 24.1 Å². The number of benzene rings is 1. The van der Waals surface area contributed by atoms with Crippen LogP contribution in [0.5, 0.6) is 0 Å². The van der Waals surface area contributed by atoms with Crippen LogP contribution in [-0.4, -0.2) is 11.5 Å². The normalized spacial score (nSPS) is 12.4. The van der Waals surface area contributed by atoms with Gasteiger partial charge in [-0.05, 0) is 64.9 Å². The molecule has 0 saturated carbocycles. The molecule has 0 aliphatic carbocycles. The lowest BCUT2D eigenvalue weighted by atomic mass is 9.99. The Morgan fingerprint density at radius 1 is 1.25 bits per heavy atom. The molecule has 0 amide bonds. The van der Waals surface area contributed by atoms with Gasteiger partial charge in [-0.2, -0.15) is 0 Å². The van der Waals surface area contributed by atoms with E-state index in [-0.39, 0.29) is 6.04 Å². The van der Waals surface area contributed by atoms with Crippen molar-refractivity contribution in [2.75, 3.05) is 6.54 Å². The first-order valence-corrected chi connectivity index (χ1v) is 8.22. The van der Waals surface area contributed by atoms with Gasteiger partial charge in [0.05, 0.1) is 10.0 Å². The molecule has 0 aliphatic rings. The number of nitrogens with one attached hydrogen (secondary N) is 1. The summed E-state index contributed by atoms with van der Waals surface area (Å²) >= 11 is 14.6. The molecule has 2 nitrogen and oxygen atoms in total. The fourth-order valence-electron chi connectivity index (χ4n) is 2.07. The van der Waals surface area contributed by atoms with Gasteiger partial charge in [0.15, 0.2) is 0 Å². The molecule has 106 valence electrons. The van der Waals surface area contributed by atoms with Gasteiger partial charge in [-0.3, -0.25) is 4.98 Å². The highest BCUT2D eigenvalue weighted by molar-refractivity contribution is 14.1. The summed E-state index contributed by atoms with van der Waals surface area (Å²) in [6, 6.07) is 8.31. The van der Waals surface area contributed by atoms with Crippen molar-refractivity contribution in [3.8, 4) is 0 Å². The molecule has 1 aromatic heterocycles. The maximum Gasteiger partial charge on any atom is 0.0622 e. The largest absolute Gasteiger partial charge is 0.310 e. The standard InChI is InChI=1S/C15H15Cl2IN2/c1-2-20-15(8-10-5-6-19-9-13(10)17)11-3-4-14(18)12(16)7-11/h3-7,9,15,20H,2,8H2,1H3. The molecule has 2 aromatic rings. The Labute approximate surface area is 143 Å². The van der Waals surface area contributed by atoms with Gasteiger partial charge >= 0.3 is 0 Å². The number of aromatic nitrogens is 1. The molecule has 1 unspecified atom stereocenters. The summed E-state index contributed by atoms with van der Waals surface area (Å²) in [5.74, 6) is 0. The van der Waals surface area contributed by atoms with Crippen molar-refractivity contribution in [3.05, 3.63) is 61.4 Å². The molecule has 1 heterocycles. The van der Waals surface area contributed by atoms with E-state index < -0.39 is 0 Å². The first-order chi connectivity index (χ1) is 9.61. The average molecular weight is 421 g/mol. The third-order valence-corrected chi connectivity index (χ3v) is 4.99. The molecule has 0 saturated heterocycles. The predicted molar refractivity (Wildman–Crippen MR) is 93.5 cm³/mol. The highest BCUT2D eigenvalue weighted by Gasteiger charge is 2.14. The Kier molecular flexibility index (Phi) is 6.08. The number of hydrogen-bond donors (Lipinski definition) is 1. The van der Waals surface area contributed by atoms with Crippen LogP contribution in [0.4, 0.5) is 0 Å². The third kappa shape index (κ3) is 4.07. The summed E-state index contributed by atoms with van der Waals surface area (Å²) in [6.07, 6.45) is 4.26. The number of likely N-dealkylation sites (N-methyl/N-ethyl adjacent to an activating group) is 1. The molecule has 5 heteroatoms. The van der Waals surface area contributed by atoms with Crippen LogP contribution < -0.4 is 5.32 Å². The Morgan fingerprint density at radius 3 is 2.70 bits per heavy atom. The van der Waals surface area contributed by atoms with E-state index in [9.17, 15) is 0 Å². The maximum absolute atomic E-state index is 6.22. The van der Waals surface area contributed by atoms with E-state index in [0.717, 1.165) is 27.1 Å². The summed E-state index contributed by atoms with van der Waals surface area (Å²) < 4.78 is 1.06. The van der Waals surface area contributed by atoms with Crippen molar-refractivity contribution in [3.63, 3.8) is 0 Å². The summed E-state index contributed by atoms with van der Waals surface area (Å²) in [6.45, 7) is 2.98. The van der Waals surface area contributed by atoms with Crippen LogP contribution in [0.3, 0.4) is 0 Å². The van der Waals surface area contributed by atoms with Crippen molar-refractivity contribution in [1.82, 2.24) is 10.3 Å². The lowest BCUT2D eigenvalue weighted by molar-refractivity contribution is 0.549. The molecule has 0 fully saturated rings. The number of rotatable bonds is 5. The van der Waals surface area contributed by atoms with Gasteiger partial charge in [-0.1, -0.05) is 36.2 Å². The zero-order valence-electron chi connectivity index (χ0n) is 11.0. The van der Waals surface area contributed by atoms with E-state index in [2.05, 4.69) is 45.9 Å². The Hall–Kier alpha value is -0.360. The van der Waals surface area contributed by atoms with Gasteiger partial charge in [-0.25, -0.2) is 0 Å². The minimum Gasteiger partial charge on any atom is -0.310 e. The lowest BCUT2D eigenvalue weighted by Gasteiger charge is -2.19. The van der Waals surface area contributed by atoms with Gasteiger partial charge in [0.25, 0.3) is 0 Å². The molecule has 0 radical (unpaired) electrons. The maximum atomic E-state index is 6.22. The number of halogens is 3. The zero-order chi connectivity index (χ0) is 14.5. The van der Waals surface area contributed by atoms with Gasteiger partial charge in [0, 0.05) is 22.0 Å². The number of hydrogen-bond acceptors (Lipinski definition) is 2. The van der Waals surface area contributed by atoms with Crippen molar-refractivity contribution in [2.24, 2.45) is 0 Å². The number of nitrogens with zero attached hydrogens (tertiary/aromatic N) is 1. The van der Waals surface area contributed by atoms with E-state index >= 15 is 0 Å². The lowest BCUT2D eigenvalue weighted by Crippen LogP contribution is -2.23. The molecule has 20 heavy (non-hydrogen) atoms. The van der Waals surface area contributed by atoms with Crippen molar-refractivity contribution in [2.45, 2.75) is 19.4 Å². The minimum absolute atomic E-state index is 0.189. The smallest absolute Gasteiger partial charge is 0.0622 e. The molecule has 1 N–H and O–H groups in total. The van der Waals surface area contributed by atoms with Crippen LogP contribution >= 0.6 is 45.8 Å². The molecular formula is C15H15Cl2IN2. The molecule has 1 atom stereocenters. The Morgan fingerprint density at radius 2 is 2.05 bits per heavy atom. The minimum atomic E-state index is 0.189. The first-order valence-electron chi connectivity index (χ1n) is 6.38. The van der Waals surface area contributed by atoms with Crippen LogP contribution in [0.15, 0.2) is 36.7 Å². The van der Waals surface area contributed by atoms with Gasteiger partial charge in [0.1, 0.15) is 0 Å². The monoisotopic (exact) mass is 420 g/mol. The SMILES string of the molecule is CCNC(Cc1ccncc1Cl)c1ccc(I)c(Cl)c1. The molecule has 0 spiro atoms. The highest BCUT2D eigenvalue weighted by Crippen LogP contribution is 2.27. The van der Waals surface area contributed by atoms with Crippen molar-refractivity contribution in [1.29, 1.82) is 0 Å². The summed E-state index contributed by atoms with van der Waals surface area (Å²) in [7, 11) is 0. The van der Waals surface area contributed by atoms with Gasteiger partial charge in [-0.15, -0.1) is 0 Å². The Bertz CT molecular complexity index is 590. The predicted octanol–water partition coefficient (Wildman–Crippen LogP) is 4.89.